The van der Waals surface area contributed by atoms with E-state index >= 15 is 0 Å². The number of amides is 6. The van der Waals surface area contributed by atoms with Crippen molar-refractivity contribution in [3.05, 3.63) is 104 Å². The van der Waals surface area contributed by atoms with E-state index in [0.29, 0.717) is 25.7 Å². The zero-order valence-electron chi connectivity index (χ0n) is 30.7. The van der Waals surface area contributed by atoms with Gasteiger partial charge in [0.05, 0.1) is 33.7 Å². The van der Waals surface area contributed by atoms with Gasteiger partial charge in [-0.3, -0.25) is 19.9 Å². The number of urea groups is 2. The lowest BCUT2D eigenvalue weighted by Gasteiger charge is -2.26. The third-order valence-electron chi connectivity index (χ3n) is 9.08. The summed E-state index contributed by atoms with van der Waals surface area (Å²) in [7, 11) is 1.62. The molecule has 2 aromatic carbocycles. The number of imide groups is 1. The van der Waals surface area contributed by atoms with Gasteiger partial charge in [-0.25, -0.2) is 19.4 Å². The predicted octanol–water partition coefficient (Wildman–Crippen LogP) is 5.97. The van der Waals surface area contributed by atoms with Crippen LogP contribution in [-0.2, 0) is 40.3 Å². The zero-order valence-corrected chi connectivity index (χ0v) is 32.3. The number of ketones is 1. The van der Waals surface area contributed by atoms with E-state index in [-0.39, 0.29) is 49.7 Å². The lowest BCUT2D eigenvalue weighted by molar-refractivity contribution is -0.123. The lowest BCUT2D eigenvalue weighted by atomic mass is 9.85. The Morgan fingerprint density at radius 2 is 1.65 bits per heavy atom. The van der Waals surface area contributed by atoms with Crippen LogP contribution < -0.4 is 21.3 Å². The van der Waals surface area contributed by atoms with E-state index in [2.05, 4.69) is 45.1 Å². The monoisotopic (exact) mass is 773 g/mol. The highest BCUT2D eigenvalue weighted by Crippen LogP contribution is 2.24. The summed E-state index contributed by atoms with van der Waals surface area (Å²) in [6.07, 6.45) is 3.34. The highest BCUT2D eigenvalue weighted by atomic mass is 32.1. The minimum Gasteiger partial charge on any atom is -0.444 e. The number of nitrogens with one attached hydrogen (secondary N) is 4. The maximum absolute atomic E-state index is 14.2. The van der Waals surface area contributed by atoms with Crippen molar-refractivity contribution in [2.75, 3.05) is 7.05 Å². The largest absolute Gasteiger partial charge is 0.444 e. The predicted molar refractivity (Wildman–Crippen MR) is 207 cm³/mol. The maximum Gasteiger partial charge on any atom is 0.407 e. The average Bonchev–Trinajstić information content (AvgIpc) is 3.92. The zero-order chi connectivity index (χ0) is 38.5. The quantitative estimate of drug-likeness (QED) is 0.0845. The number of thiazole rings is 2. The molecule has 286 valence electrons. The third-order valence-corrected chi connectivity index (χ3v) is 11.0. The fraction of sp³-hybridized carbons (Fsp3) is 0.410. The van der Waals surface area contributed by atoms with Crippen LogP contribution in [-0.4, -0.2) is 69.9 Å². The van der Waals surface area contributed by atoms with Gasteiger partial charge in [0.2, 0.25) is 0 Å². The first kappa shape index (κ1) is 40.0. The SMILES string of the molecule is CC(C)c1nc(CN(C)C(=O)NC(CC2NC(=O)NC2=O)C(=O)CC(CCC(Cc2ccccc2)NC(=O)OCc2cncs2)Cc2ccccc2)cs1. The van der Waals surface area contributed by atoms with Gasteiger partial charge in [-0.1, -0.05) is 74.5 Å². The van der Waals surface area contributed by atoms with E-state index in [1.165, 1.54) is 27.6 Å². The number of aromatic nitrogens is 2. The summed E-state index contributed by atoms with van der Waals surface area (Å²) in [5, 5.41) is 13.5. The van der Waals surface area contributed by atoms with Crippen molar-refractivity contribution in [1.82, 2.24) is 36.1 Å². The summed E-state index contributed by atoms with van der Waals surface area (Å²) in [5.74, 6) is -0.739. The molecule has 3 heterocycles. The van der Waals surface area contributed by atoms with Gasteiger partial charge >= 0.3 is 18.2 Å². The van der Waals surface area contributed by atoms with Crippen LogP contribution in [0.3, 0.4) is 0 Å². The normalized spacial score (nSPS) is 15.5. The minimum atomic E-state index is -1.06. The van der Waals surface area contributed by atoms with E-state index < -0.39 is 36.1 Å². The molecule has 0 spiro atoms. The lowest BCUT2D eigenvalue weighted by Crippen LogP contribution is -2.50. The second-order valence-electron chi connectivity index (χ2n) is 13.8. The summed E-state index contributed by atoms with van der Waals surface area (Å²) in [6.45, 7) is 4.45. The molecule has 0 saturated carbocycles. The number of hydrogen-bond donors (Lipinski definition) is 4. The van der Waals surface area contributed by atoms with Crippen LogP contribution >= 0.6 is 22.7 Å². The summed E-state index contributed by atoms with van der Waals surface area (Å²) in [5.41, 5.74) is 4.50. The smallest absolute Gasteiger partial charge is 0.407 e. The Morgan fingerprint density at radius 1 is 0.944 bits per heavy atom. The molecular weight excluding hydrogens is 727 g/mol. The molecule has 4 atom stereocenters. The Kier molecular flexibility index (Phi) is 14.7. The molecule has 2 aromatic heterocycles. The number of Topliss-reactive ketones (excluding diaryl/α,β-unsaturated/α-hetero) is 1. The van der Waals surface area contributed by atoms with Gasteiger partial charge in [0.25, 0.3) is 5.91 Å². The molecule has 1 aliphatic rings. The highest BCUT2D eigenvalue weighted by molar-refractivity contribution is 7.09. The topological polar surface area (TPSA) is 172 Å². The molecule has 0 radical (unpaired) electrons. The number of alkyl carbamates (subject to hydrolysis) is 1. The molecule has 13 nitrogen and oxygen atoms in total. The number of ether oxygens (including phenoxy) is 1. The Bertz CT molecular complexity index is 1840. The van der Waals surface area contributed by atoms with Gasteiger partial charge in [-0.05, 0) is 42.7 Å². The highest BCUT2D eigenvalue weighted by Gasteiger charge is 2.35. The van der Waals surface area contributed by atoms with Crippen LogP contribution in [0.5, 0.6) is 0 Å². The molecule has 1 saturated heterocycles. The second kappa shape index (κ2) is 19.8. The number of carbonyl (C=O) groups excluding carboxylic acids is 5. The van der Waals surface area contributed by atoms with E-state index in [4.69, 9.17) is 4.74 Å². The van der Waals surface area contributed by atoms with Gasteiger partial charge in [0.15, 0.2) is 5.78 Å². The molecule has 4 N–H and O–H groups in total. The van der Waals surface area contributed by atoms with Crippen LogP contribution in [0.15, 0.2) is 77.8 Å². The number of carbonyl (C=O) groups is 5. The molecule has 1 fully saturated rings. The van der Waals surface area contributed by atoms with Crippen molar-refractivity contribution in [2.24, 2.45) is 5.92 Å². The van der Waals surface area contributed by atoms with Gasteiger partial charge in [-0.15, -0.1) is 22.7 Å². The molecule has 6 amide bonds. The standard InChI is InChI=1S/C39H47N7O6S2/c1-25(2)36-41-30(23-53-36)21-46(3)38(50)44-32(19-33-35(48)45-37(49)43-33)34(47)18-28(16-26-10-6-4-7-11-26)14-15-29(17-27-12-8-5-9-13-27)42-39(51)52-22-31-20-40-24-54-31/h4-13,20,23-25,28-29,32-33H,14-19,21-22H2,1-3H3,(H,42,51)(H,44,50)(H2,43,45,48,49). The molecule has 54 heavy (non-hydrogen) atoms. The Hall–Kier alpha value is -5.15. The molecular formula is C39H47N7O6S2. The van der Waals surface area contributed by atoms with Gasteiger partial charge in [-0.2, -0.15) is 0 Å². The first-order valence-electron chi connectivity index (χ1n) is 18.0. The molecule has 15 heteroatoms. The van der Waals surface area contributed by atoms with Crippen molar-refractivity contribution in [1.29, 1.82) is 0 Å². The molecule has 1 aliphatic heterocycles. The van der Waals surface area contributed by atoms with E-state index in [1.807, 2.05) is 66.0 Å². The summed E-state index contributed by atoms with van der Waals surface area (Å²) in [6, 6.07) is 16.2. The van der Waals surface area contributed by atoms with Crippen molar-refractivity contribution in [3.63, 3.8) is 0 Å². The van der Waals surface area contributed by atoms with Gasteiger partial charge in [0, 0.05) is 43.4 Å². The molecule has 0 bridgehead atoms. The van der Waals surface area contributed by atoms with Crippen LogP contribution in [0, 0.1) is 5.92 Å². The summed E-state index contributed by atoms with van der Waals surface area (Å²) < 4.78 is 5.49. The number of nitrogens with zero attached hydrogens (tertiary/aromatic N) is 3. The average molecular weight is 774 g/mol. The molecule has 0 aliphatic carbocycles. The van der Waals surface area contributed by atoms with Gasteiger partial charge < -0.3 is 25.6 Å². The summed E-state index contributed by atoms with van der Waals surface area (Å²) >= 11 is 2.93. The Morgan fingerprint density at radius 3 is 2.26 bits per heavy atom. The van der Waals surface area contributed by atoms with E-state index in [9.17, 15) is 24.0 Å². The fourth-order valence-corrected chi connectivity index (χ4v) is 7.57. The first-order chi connectivity index (χ1) is 26.0. The number of rotatable bonds is 19. The van der Waals surface area contributed by atoms with Gasteiger partial charge in [0.1, 0.15) is 12.6 Å². The van der Waals surface area contributed by atoms with Crippen molar-refractivity contribution in [2.45, 2.75) is 89.6 Å². The van der Waals surface area contributed by atoms with Crippen molar-refractivity contribution in [3.8, 4) is 0 Å². The van der Waals surface area contributed by atoms with E-state index in [1.54, 1.807) is 18.8 Å². The van der Waals surface area contributed by atoms with Crippen LogP contribution in [0.1, 0.15) is 72.2 Å². The number of hydrogen-bond acceptors (Lipinski definition) is 10. The maximum atomic E-state index is 14.2. The molecule has 4 unspecified atom stereocenters. The molecule has 5 rings (SSSR count). The third kappa shape index (κ3) is 12.5. The summed E-state index contributed by atoms with van der Waals surface area (Å²) in [4.78, 5) is 76.2. The number of benzene rings is 2. The van der Waals surface area contributed by atoms with Crippen LogP contribution in [0.4, 0.5) is 14.4 Å². The van der Waals surface area contributed by atoms with E-state index in [0.717, 1.165) is 26.7 Å². The Labute approximate surface area is 323 Å². The van der Waals surface area contributed by atoms with Crippen molar-refractivity contribution >= 4 is 52.5 Å². The minimum absolute atomic E-state index is 0.0869. The first-order valence-corrected chi connectivity index (χ1v) is 19.8. The Balaban J connectivity index is 1.30. The van der Waals surface area contributed by atoms with Crippen molar-refractivity contribution < 1.29 is 28.7 Å². The second-order valence-corrected chi connectivity index (χ2v) is 15.7. The van der Waals surface area contributed by atoms with Crippen LogP contribution in [0.25, 0.3) is 0 Å². The fourth-order valence-electron chi connectivity index (χ4n) is 6.24. The van der Waals surface area contributed by atoms with Crippen LogP contribution in [0.2, 0.25) is 0 Å². The molecule has 4 aromatic rings.